The summed E-state index contributed by atoms with van der Waals surface area (Å²) in [5, 5.41) is 6.20. The van der Waals surface area contributed by atoms with E-state index in [0.717, 1.165) is 11.4 Å². The van der Waals surface area contributed by atoms with Crippen LogP contribution in [0.4, 0.5) is 0 Å². The standard InChI is InChI=1S/C15H20N4OS/c1-12-5-4-6-13(9-12)21-18-14(20-16)19-11-15(10-17-19)7-2-3-8-15/h4-6,9-10H,2-3,7-8,11,16H2,1H3/b18-14-. The van der Waals surface area contributed by atoms with E-state index < -0.39 is 0 Å². The first kappa shape index (κ1) is 14.4. The van der Waals surface area contributed by atoms with Crippen molar-refractivity contribution >= 4 is 24.2 Å². The van der Waals surface area contributed by atoms with Crippen molar-refractivity contribution in [3.8, 4) is 0 Å². The number of hydrogen-bond acceptors (Lipinski definition) is 5. The Balaban J connectivity index is 1.68. The van der Waals surface area contributed by atoms with E-state index in [0.29, 0.717) is 6.02 Å². The first-order chi connectivity index (χ1) is 10.2. The highest BCUT2D eigenvalue weighted by atomic mass is 32.2. The summed E-state index contributed by atoms with van der Waals surface area (Å²) >= 11 is 1.35. The van der Waals surface area contributed by atoms with E-state index in [1.807, 2.05) is 18.3 Å². The van der Waals surface area contributed by atoms with Crippen molar-refractivity contribution in [1.82, 2.24) is 5.01 Å². The first-order valence-electron chi connectivity index (χ1n) is 7.22. The Labute approximate surface area is 129 Å². The second kappa shape index (κ2) is 6.07. The molecule has 1 aromatic rings. The van der Waals surface area contributed by atoms with Crippen LogP contribution in [0.5, 0.6) is 0 Å². The molecule has 1 heterocycles. The summed E-state index contributed by atoms with van der Waals surface area (Å²) in [5.41, 5.74) is 1.40. The third kappa shape index (κ3) is 3.22. The fraction of sp³-hybridized carbons (Fsp3) is 0.467. The molecule has 0 radical (unpaired) electrons. The lowest BCUT2D eigenvalue weighted by Gasteiger charge is -2.21. The van der Waals surface area contributed by atoms with Gasteiger partial charge in [-0.3, -0.25) is 0 Å². The van der Waals surface area contributed by atoms with Crippen molar-refractivity contribution in [2.24, 2.45) is 20.8 Å². The molecular formula is C15H20N4OS. The van der Waals surface area contributed by atoms with E-state index in [1.54, 1.807) is 5.01 Å². The summed E-state index contributed by atoms with van der Waals surface area (Å²) in [7, 11) is 0. The Kier molecular flexibility index (Phi) is 4.17. The zero-order valence-electron chi connectivity index (χ0n) is 12.2. The van der Waals surface area contributed by atoms with Crippen molar-refractivity contribution in [1.29, 1.82) is 0 Å². The molecule has 1 fully saturated rings. The Morgan fingerprint density at radius 2 is 2.24 bits per heavy atom. The lowest BCUT2D eigenvalue weighted by atomic mass is 9.89. The van der Waals surface area contributed by atoms with Gasteiger partial charge in [0, 0.05) is 28.5 Å². The fourth-order valence-corrected chi connectivity index (χ4v) is 3.65. The van der Waals surface area contributed by atoms with Gasteiger partial charge < -0.3 is 4.84 Å². The SMILES string of the molecule is Cc1cccc(S/N=C(\ON)N2CC3(C=N2)CCCC3)c1. The van der Waals surface area contributed by atoms with Gasteiger partial charge in [0.15, 0.2) is 0 Å². The highest BCUT2D eigenvalue weighted by molar-refractivity contribution is 7.98. The predicted octanol–water partition coefficient (Wildman–Crippen LogP) is 3.11. The van der Waals surface area contributed by atoms with Gasteiger partial charge in [-0.2, -0.15) is 15.4 Å². The largest absolute Gasteiger partial charge is 0.371 e. The number of hydrazone groups is 1. The number of benzene rings is 1. The Bertz CT molecular complexity index is 567. The van der Waals surface area contributed by atoms with Crippen molar-refractivity contribution in [2.45, 2.75) is 37.5 Å². The first-order valence-corrected chi connectivity index (χ1v) is 7.99. The predicted molar refractivity (Wildman–Crippen MR) is 85.8 cm³/mol. The molecule has 5 nitrogen and oxygen atoms in total. The van der Waals surface area contributed by atoms with Gasteiger partial charge in [0.05, 0.1) is 6.54 Å². The molecule has 0 unspecified atom stereocenters. The zero-order valence-corrected chi connectivity index (χ0v) is 13.0. The van der Waals surface area contributed by atoms with Crippen molar-refractivity contribution in [2.75, 3.05) is 6.54 Å². The monoisotopic (exact) mass is 304 g/mol. The van der Waals surface area contributed by atoms with Gasteiger partial charge in [-0.25, -0.2) is 5.01 Å². The summed E-state index contributed by atoms with van der Waals surface area (Å²) in [6, 6.07) is 8.52. The molecule has 112 valence electrons. The molecule has 0 bridgehead atoms. The second-order valence-corrected chi connectivity index (χ2v) is 6.61. The lowest BCUT2D eigenvalue weighted by Crippen LogP contribution is -2.33. The molecule has 2 aliphatic rings. The van der Waals surface area contributed by atoms with Crippen LogP contribution < -0.4 is 5.90 Å². The molecule has 1 aromatic carbocycles. The quantitative estimate of drug-likeness (QED) is 0.395. The van der Waals surface area contributed by atoms with E-state index >= 15 is 0 Å². The van der Waals surface area contributed by atoms with Crippen LogP contribution in [0.3, 0.4) is 0 Å². The van der Waals surface area contributed by atoms with Crippen molar-refractivity contribution < 1.29 is 4.84 Å². The molecule has 0 aromatic heterocycles. The average molecular weight is 304 g/mol. The summed E-state index contributed by atoms with van der Waals surface area (Å²) < 4.78 is 4.39. The summed E-state index contributed by atoms with van der Waals surface area (Å²) in [5.74, 6) is 5.37. The Morgan fingerprint density at radius 1 is 1.43 bits per heavy atom. The van der Waals surface area contributed by atoms with Crippen LogP contribution in [0.15, 0.2) is 38.7 Å². The number of rotatable bonds is 2. The lowest BCUT2D eigenvalue weighted by molar-refractivity contribution is 0.228. The van der Waals surface area contributed by atoms with Gasteiger partial charge in [0.1, 0.15) is 0 Å². The normalized spacial score (nSPS) is 20.5. The van der Waals surface area contributed by atoms with E-state index in [-0.39, 0.29) is 5.41 Å². The topological polar surface area (TPSA) is 63.2 Å². The van der Waals surface area contributed by atoms with Crippen LogP contribution >= 0.6 is 11.9 Å². The minimum atomic E-state index is 0.202. The molecular weight excluding hydrogens is 284 g/mol. The van der Waals surface area contributed by atoms with Crippen LogP contribution in [0.25, 0.3) is 0 Å². The number of nitrogens with two attached hydrogens (primary N) is 1. The van der Waals surface area contributed by atoms with Crippen molar-refractivity contribution in [3.05, 3.63) is 29.8 Å². The molecule has 1 spiro atoms. The highest BCUT2D eigenvalue weighted by Crippen LogP contribution is 2.40. The highest BCUT2D eigenvalue weighted by Gasteiger charge is 2.39. The van der Waals surface area contributed by atoms with Crippen molar-refractivity contribution in [3.63, 3.8) is 0 Å². The van der Waals surface area contributed by atoms with Gasteiger partial charge in [-0.15, -0.1) is 0 Å². The summed E-state index contributed by atoms with van der Waals surface area (Å²) in [4.78, 5) is 5.99. The molecule has 1 saturated carbocycles. The van der Waals surface area contributed by atoms with E-state index in [4.69, 9.17) is 10.7 Å². The number of hydrogen-bond donors (Lipinski definition) is 1. The van der Waals surface area contributed by atoms with Crippen LogP contribution in [-0.2, 0) is 4.84 Å². The van der Waals surface area contributed by atoms with E-state index in [2.05, 4.69) is 28.6 Å². The number of nitrogens with zero attached hydrogens (tertiary/aromatic N) is 3. The molecule has 3 rings (SSSR count). The Morgan fingerprint density at radius 3 is 2.95 bits per heavy atom. The maximum absolute atomic E-state index is 5.37. The van der Waals surface area contributed by atoms with Gasteiger partial charge in [-0.1, -0.05) is 25.0 Å². The molecule has 21 heavy (non-hydrogen) atoms. The zero-order chi connectivity index (χ0) is 14.7. The third-order valence-electron chi connectivity index (χ3n) is 4.08. The molecule has 2 N–H and O–H groups in total. The van der Waals surface area contributed by atoms with Gasteiger partial charge in [0.25, 0.3) is 0 Å². The minimum absolute atomic E-state index is 0.202. The van der Waals surface area contributed by atoms with Crippen LogP contribution in [0.2, 0.25) is 0 Å². The Hall–Kier alpha value is -1.53. The minimum Gasteiger partial charge on any atom is -0.371 e. The molecule has 1 aliphatic heterocycles. The second-order valence-electron chi connectivity index (χ2n) is 5.77. The van der Waals surface area contributed by atoms with Gasteiger partial charge in [-0.05, 0) is 37.5 Å². The molecule has 0 amide bonds. The van der Waals surface area contributed by atoms with Gasteiger partial charge in [0.2, 0.25) is 0 Å². The number of amidine groups is 1. The van der Waals surface area contributed by atoms with E-state index in [9.17, 15) is 0 Å². The molecule has 6 heteroatoms. The average Bonchev–Trinajstić information content (AvgIpc) is 3.11. The summed E-state index contributed by atoms with van der Waals surface area (Å²) in [6.07, 6.45) is 6.97. The van der Waals surface area contributed by atoms with E-state index in [1.165, 1.54) is 43.2 Å². The molecule has 1 aliphatic carbocycles. The maximum Gasteiger partial charge on any atom is 0.339 e. The summed E-state index contributed by atoms with van der Waals surface area (Å²) in [6.45, 7) is 2.88. The fourth-order valence-electron chi connectivity index (χ4n) is 2.95. The van der Waals surface area contributed by atoms with Crippen LogP contribution in [0.1, 0.15) is 31.2 Å². The number of aryl methyl sites for hydroxylation is 1. The molecule has 0 atom stereocenters. The molecule has 0 saturated heterocycles. The maximum atomic E-state index is 5.37. The van der Waals surface area contributed by atoms with Crippen LogP contribution in [0, 0.1) is 12.3 Å². The smallest absolute Gasteiger partial charge is 0.339 e. The van der Waals surface area contributed by atoms with Gasteiger partial charge >= 0.3 is 6.02 Å². The third-order valence-corrected chi connectivity index (χ3v) is 4.79. The van der Waals surface area contributed by atoms with Crippen LogP contribution in [-0.4, -0.2) is 23.8 Å².